The summed E-state index contributed by atoms with van der Waals surface area (Å²) in [6.07, 6.45) is 2.20. The monoisotopic (exact) mass is 437 g/mol. The first-order valence-corrected chi connectivity index (χ1v) is 10.9. The van der Waals surface area contributed by atoms with Crippen molar-refractivity contribution in [2.45, 2.75) is 51.4 Å². The highest BCUT2D eigenvalue weighted by atomic mass is 35.5. The molecule has 160 valence electrons. The lowest BCUT2D eigenvalue weighted by Gasteiger charge is -2.28. The third-order valence-electron chi connectivity index (χ3n) is 6.66. The highest BCUT2D eigenvalue weighted by molar-refractivity contribution is 6.31. The van der Waals surface area contributed by atoms with Crippen LogP contribution in [0.4, 0.5) is 4.79 Å². The topological polar surface area (TPSA) is 60.9 Å². The summed E-state index contributed by atoms with van der Waals surface area (Å²) in [5, 5.41) is 0.541. The molecule has 5 rings (SSSR count). The number of urea groups is 1. The van der Waals surface area contributed by atoms with Gasteiger partial charge in [-0.05, 0) is 67.1 Å². The average Bonchev–Trinajstić information content (AvgIpc) is 3.52. The van der Waals surface area contributed by atoms with Gasteiger partial charge in [0.25, 0.3) is 11.8 Å². The van der Waals surface area contributed by atoms with E-state index in [1.807, 2.05) is 35.2 Å². The fourth-order valence-corrected chi connectivity index (χ4v) is 4.77. The van der Waals surface area contributed by atoms with Gasteiger partial charge in [0.15, 0.2) is 0 Å². The van der Waals surface area contributed by atoms with E-state index in [4.69, 9.17) is 11.6 Å². The average molecular weight is 438 g/mol. The van der Waals surface area contributed by atoms with E-state index in [1.54, 1.807) is 18.7 Å². The van der Waals surface area contributed by atoms with Gasteiger partial charge in [0, 0.05) is 36.8 Å². The van der Waals surface area contributed by atoms with Crippen molar-refractivity contribution in [3.63, 3.8) is 0 Å². The molecule has 2 aromatic rings. The van der Waals surface area contributed by atoms with Crippen LogP contribution in [-0.2, 0) is 17.9 Å². The molecule has 0 bridgehead atoms. The molecule has 1 aliphatic carbocycles. The first-order valence-electron chi connectivity index (χ1n) is 10.5. The molecule has 1 saturated carbocycles. The predicted octanol–water partition coefficient (Wildman–Crippen LogP) is 4.30. The maximum atomic E-state index is 12.6. The summed E-state index contributed by atoms with van der Waals surface area (Å²) in [5.74, 6) is -0.0898. The van der Waals surface area contributed by atoms with E-state index in [2.05, 4.69) is 6.07 Å². The van der Waals surface area contributed by atoms with Crippen molar-refractivity contribution >= 4 is 29.4 Å². The molecule has 31 heavy (non-hydrogen) atoms. The second kappa shape index (κ2) is 6.82. The summed E-state index contributed by atoms with van der Waals surface area (Å²) < 4.78 is 0. The van der Waals surface area contributed by atoms with Crippen molar-refractivity contribution in [3.05, 3.63) is 58.1 Å². The van der Waals surface area contributed by atoms with Gasteiger partial charge in [0.2, 0.25) is 0 Å². The number of amides is 4. The summed E-state index contributed by atoms with van der Waals surface area (Å²) in [6.45, 7) is 4.42. The molecular formula is C24H24ClN3O3. The van der Waals surface area contributed by atoms with Gasteiger partial charge in [0.1, 0.15) is 5.54 Å². The summed E-state index contributed by atoms with van der Waals surface area (Å²) in [7, 11) is 1.50. The first-order chi connectivity index (χ1) is 14.7. The quantitative estimate of drug-likeness (QED) is 0.670. The SMILES string of the molecule is CN1C(=O)N(Cc2ccc(-c3ccc4c(c3)CN(C3CC3)C4=O)cc2Cl)C(C)(C)C1=O. The Labute approximate surface area is 186 Å². The van der Waals surface area contributed by atoms with Crippen LogP contribution in [0.2, 0.25) is 5.02 Å². The maximum Gasteiger partial charge on any atom is 0.327 e. The summed E-state index contributed by atoms with van der Waals surface area (Å²) in [4.78, 5) is 42.1. The van der Waals surface area contributed by atoms with Gasteiger partial charge in [-0.1, -0.05) is 29.8 Å². The standard InChI is InChI=1S/C24H24ClN3O3/c1-24(2)22(30)26(3)23(31)28(24)13-16-5-4-15(11-20(16)25)14-6-9-19-17(10-14)12-27(21(19)29)18-7-8-18/h4-6,9-11,18H,7-8,12-13H2,1-3H3. The zero-order valence-corrected chi connectivity index (χ0v) is 18.6. The van der Waals surface area contributed by atoms with Crippen LogP contribution in [0.25, 0.3) is 11.1 Å². The van der Waals surface area contributed by atoms with Crippen LogP contribution in [0.1, 0.15) is 48.2 Å². The Bertz CT molecular complexity index is 1140. The van der Waals surface area contributed by atoms with Crippen LogP contribution in [0.3, 0.4) is 0 Å². The lowest BCUT2D eigenvalue weighted by Crippen LogP contribution is -2.43. The van der Waals surface area contributed by atoms with Gasteiger partial charge in [-0.25, -0.2) is 4.79 Å². The lowest BCUT2D eigenvalue weighted by molar-refractivity contribution is -0.131. The highest BCUT2D eigenvalue weighted by Crippen LogP contribution is 2.37. The fourth-order valence-electron chi connectivity index (χ4n) is 4.53. The van der Waals surface area contributed by atoms with E-state index in [-0.39, 0.29) is 24.4 Å². The lowest BCUT2D eigenvalue weighted by atomic mass is 9.98. The number of fused-ring (bicyclic) bond motifs is 1. The number of rotatable bonds is 4. The highest BCUT2D eigenvalue weighted by Gasteiger charge is 2.49. The van der Waals surface area contributed by atoms with Crippen LogP contribution in [-0.4, -0.2) is 51.2 Å². The number of nitrogens with zero attached hydrogens (tertiary/aromatic N) is 3. The van der Waals surface area contributed by atoms with Crippen LogP contribution < -0.4 is 0 Å². The largest absolute Gasteiger partial charge is 0.331 e. The Hall–Kier alpha value is -2.86. The van der Waals surface area contributed by atoms with Crippen LogP contribution in [0, 0.1) is 0 Å². The van der Waals surface area contributed by atoms with Crippen molar-refractivity contribution in [2.24, 2.45) is 0 Å². The molecule has 2 aliphatic heterocycles. The summed E-state index contributed by atoms with van der Waals surface area (Å²) in [5.41, 5.74) is 3.68. The Morgan fingerprint density at radius 2 is 1.71 bits per heavy atom. The summed E-state index contributed by atoms with van der Waals surface area (Å²) in [6, 6.07) is 11.8. The number of carbonyl (C=O) groups excluding carboxylic acids is 3. The maximum absolute atomic E-state index is 12.6. The molecule has 7 heteroatoms. The molecule has 0 atom stereocenters. The van der Waals surface area contributed by atoms with E-state index in [1.165, 1.54) is 7.05 Å². The third kappa shape index (κ3) is 3.12. The number of carbonyl (C=O) groups is 3. The first kappa shape index (κ1) is 20.1. The Balaban J connectivity index is 1.40. The van der Waals surface area contributed by atoms with Crippen LogP contribution in [0.15, 0.2) is 36.4 Å². The van der Waals surface area contributed by atoms with Crippen LogP contribution >= 0.6 is 11.6 Å². The van der Waals surface area contributed by atoms with Gasteiger partial charge >= 0.3 is 6.03 Å². The molecule has 2 aromatic carbocycles. The van der Waals surface area contributed by atoms with Gasteiger partial charge in [0.05, 0.1) is 0 Å². The van der Waals surface area contributed by atoms with Crippen LogP contribution in [0.5, 0.6) is 0 Å². The molecule has 2 fully saturated rings. The number of hydrogen-bond donors (Lipinski definition) is 0. The Morgan fingerprint density at radius 1 is 1.03 bits per heavy atom. The zero-order valence-electron chi connectivity index (χ0n) is 17.8. The van der Waals surface area contributed by atoms with E-state index >= 15 is 0 Å². The molecule has 2 heterocycles. The second-order valence-corrected chi connectivity index (χ2v) is 9.54. The number of hydrogen-bond acceptors (Lipinski definition) is 3. The van der Waals surface area contributed by atoms with Crippen molar-refractivity contribution in [1.29, 1.82) is 0 Å². The van der Waals surface area contributed by atoms with E-state index < -0.39 is 5.54 Å². The van der Waals surface area contributed by atoms with Gasteiger partial charge < -0.3 is 9.80 Å². The van der Waals surface area contributed by atoms with Crippen molar-refractivity contribution < 1.29 is 14.4 Å². The van der Waals surface area contributed by atoms with Gasteiger partial charge in [-0.3, -0.25) is 14.5 Å². The Morgan fingerprint density at radius 3 is 2.32 bits per heavy atom. The molecule has 6 nitrogen and oxygen atoms in total. The minimum absolute atomic E-state index is 0.134. The molecule has 1 saturated heterocycles. The smallest absolute Gasteiger partial charge is 0.327 e. The van der Waals surface area contributed by atoms with Gasteiger partial charge in [-0.2, -0.15) is 0 Å². The Kier molecular flexibility index (Phi) is 4.42. The summed E-state index contributed by atoms with van der Waals surface area (Å²) >= 11 is 6.59. The van der Waals surface area contributed by atoms with Crippen molar-refractivity contribution in [1.82, 2.24) is 14.7 Å². The molecule has 3 aliphatic rings. The molecule has 0 N–H and O–H groups in total. The van der Waals surface area contributed by atoms with E-state index in [9.17, 15) is 14.4 Å². The van der Waals surface area contributed by atoms with Gasteiger partial charge in [-0.15, -0.1) is 0 Å². The number of benzene rings is 2. The molecule has 0 spiro atoms. The number of halogens is 1. The number of likely N-dealkylation sites (N-methyl/N-ethyl adjacent to an activating group) is 1. The molecule has 0 aromatic heterocycles. The number of imide groups is 1. The zero-order chi connectivity index (χ0) is 22.1. The normalized spacial score (nSPS) is 20.1. The predicted molar refractivity (Wildman–Crippen MR) is 118 cm³/mol. The molecule has 4 amide bonds. The van der Waals surface area contributed by atoms with E-state index in [0.29, 0.717) is 17.6 Å². The van der Waals surface area contributed by atoms with E-state index in [0.717, 1.165) is 45.6 Å². The molecular weight excluding hydrogens is 414 g/mol. The molecule has 0 radical (unpaired) electrons. The third-order valence-corrected chi connectivity index (χ3v) is 7.01. The fraction of sp³-hybridized carbons (Fsp3) is 0.375. The molecule has 0 unspecified atom stereocenters. The van der Waals surface area contributed by atoms with Crippen molar-refractivity contribution in [2.75, 3.05) is 7.05 Å². The second-order valence-electron chi connectivity index (χ2n) is 9.13. The minimum atomic E-state index is -0.909. The minimum Gasteiger partial charge on any atom is -0.331 e. The van der Waals surface area contributed by atoms with Crippen molar-refractivity contribution in [3.8, 4) is 11.1 Å².